The quantitative estimate of drug-likeness (QED) is 0.897. The van der Waals surface area contributed by atoms with Gasteiger partial charge in [-0.2, -0.15) is 13.2 Å². The third-order valence-electron chi connectivity index (χ3n) is 3.29. The number of ether oxygens (including phenoxy) is 1. The van der Waals surface area contributed by atoms with Gasteiger partial charge in [-0.1, -0.05) is 12.1 Å². The molecule has 1 N–H and O–H groups in total. The first-order valence-corrected chi connectivity index (χ1v) is 5.92. The van der Waals surface area contributed by atoms with Gasteiger partial charge >= 0.3 is 6.18 Å². The van der Waals surface area contributed by atoms with E-state index in [2.05, 4.69) is 5.32 Å². The van der Waals surface area contributed by atoms with E-state index in [0.29, 0.717) is 5.92 Å². The van der Waals surface area contributed by atoms with Gasteiger partial charge in [-0.3, -0.25) is 0 Å². The Kier molecular flexibility index (Phi) is 3.80. The Morgan fingerprint density at radius 1 is 1.33 bits per heavy atom. The smallest absolute Gasteiger partial charge is 0.401 e. The van der Waals surface area contributed by atoms with Crippen molar-refractivity contribution < 1.29 is 17.9 Å². The van der Waals surface area contributed by atoms with Crippen molar-refractivity contribution in [3.8, 4) is 5.75 Å². The molecule has 0 atom stereocenters. The van der Waals surface area contributed by atoms with Crippen molar-refractivity contribution in [2.24, 2.45) is 0 Å². The summed E-state index contributed by atoms with van der Waals surface area (Å²) in [6.07, 6.45) is -2.62. The van der Waals surface area contributed by atoms with Crippen LogP contribution in [0.2, 0.25) is 0 Å². The van der Waals surface area contributed by atoms with Crippen LogP contribution in [0.1, 0.15) is 24.3 Å². The molecule has 1 aliphatic carbocycles. The SMILES string of the molecule is COc1cccc(C2CC(NCC(F)(F)F)C2)c1. The van der Waals surface area contributed by atoms with Crippen LogP contribution in [0.25, 0.3) is 0 Å². The zero-order valence-corrected chi connectivity index (χ0v) is 10.1. The van der Waals surface area contributed by atoms with Gasteiger partial charge in [0, 0.05) is 6.04 Å². The minimum Gasteiger partial charge on any atom is -0.497 e. The highest BCUT2D eigenvalue weighted by molar-refractivity contribution is 5.32. The standard InChI is InChI=1S/C13H16F3NO/c1-18-12-4-2-3-9(7-12)10-5-11(6-10)17-8-13(14,15)16/h2-4,7,10-11,17H,5-6,8H2,1H3. The monoisotopic (exact) mass is 259 g/mol. The third kappa shape index (κ3) is 3.38. The molecule has 18 heavy (non-hydrogen) atoms. The topological polar surface area (TPSA) is 21.3 Å². The number of rotatable bonds is 4. The molecule has 0 heterocycles. The predicted octanol–water partition coefficient (Wildman–Crippen LogP) is 3.09. The van der Waals surface area contributed by atoms with Gasteiger partial charge in [-0.05, 0) is 36.5 Å². The second kappa shape index (κ2) is 5.18. The van der Waals surface area contributed by atoms with E-state index < -0.39 is 12.7 Å². The predicted molar refractivity (Wildman–Crippen MR) is 62.8 cm³/mol. The van der Waals surface area contributed by atoms with E-state index in [-0.39, 0.29) is 6.04 Å². The molecule has 1 aromatic carbocycles. The maximum absolute atomic E-state index is 12.0. The molecule has 0 unspecified atom stereocenters. The first-order chi connectivity index (χ1) is 8.48. The van der Waals surface area contributed by atoms with Gasteiger partial charge in [0.05, 0.1) is 13.7 Å². The molecule has 0 bridgehead atoms. The second-order valence-electron chi connectivity index (χ2n) is 4.64. The average Bonchev–Trinajstić information content (AvgIpc) is 2.25. The fourth-order valence-corrected chi connectivity index (χ4v) is 2.21. The highest BCUT2D eigenvalue weighted by Crippen LogP contribution is 2.38. The molecule has 0 spiro atoms. The lowest BCUT2D eigenvalue weighted by atomic mass is 9.76. The Labute approximate surface area is 104 Å². The maximum atomic E-state index is 12.0. The molecule has 0 aromatic heterocycles. The summed E-state index contributed by atoms with van der Waals surface area (Å²) in [6, 6.07) is 7.69. The highest BCUT2D eigenvalue weighted by atomic mass is 19.4. The zero-order chi connectivity index (χ0) is 13.2. The average molecular weight is 259 g/mol. The van der Waals surface area contributed by atoms with Crippen molar-refractivity contribution >= 4 is 0 Å². The van der Waals surface area contributed by atoms with Crippen LogP contribution >= 0.6 is 0 Å². The van der Waals surface area contributed by atoms with E-state index in [1.807, 2.05) is 24.3 Å². The summed E-state index contributed by atoms with van der Waals surface area (Å²) in [5, 5.41) is 2.53. The number of halogens is 3. The molecule has 0 amide bonds. The molecule has 100 valence electrons. The van der Waals surface area contributed by atoms with E-state index in [1.165, 1.54) is 0 Å². The minimum atomic E-state index is -4.12. The van der Waals surface area contributed by atoms with Crippen LogP contribution in [-0.2, 0) is 0 Å². The van der Waals surface area contributed by atoms with E-state index in [0.717, 1.165) is 24.2 Å². The molecule has 1 aromatic rings. The van der Waals surface area contributed by atoms with Gasteiger partial charge < -0.3 is 10.1 Å². The lowest BCUT2D eigenvalue weighted by Crippen LogP contribution is -2.44. The molecule has 2 rings (SSSR count). The van der Waals surface area contributed by atoms with Crippen LogP contribution in [0.15, 0.2) is 24.3 Å². The second-order valence-corrected chi connectivity index (χ2v) is 4.64. The van der Waals surface area contributed by atoms with Crippen LogP contribution in [0.3, 0.4) is 0 Å². The lowest BCUT2D eigenvalue weighted by molar-refractivity contribution is -0.127. The Balaban J connectivity index is 1.81. The number of benzene rings is 1. The third-order valence-corrected chi connectivity index (χ3v) is 3.29. The molecule has 1 fully saturated rings. The zero-order valence-electron chi connectivity index (χ0n) is 10.1. The van der Waals surface area contributed by atoms with Crippen molar-refractivity contribution in [2.75, 3.05) is 13.7 Å². The van der Waals surface area contributed by atoms with Gasteiger partial charge in [0.15, 0.2) is 0 Å². The van der Waals surface area contributed by atoms with Gasteiger partial charge in [-0.15, -0.1) is 0 Å². The Hall–Kier alpha value is -1.23. The largest absolute Gasteiger partial charge is 0.497 e. The summed E-state index contributed by atoms with van der Waals surface area (Å²) in [5.74, 6) is 1.13. The summed E-state index contributed by atoms with van der Waals surface area (Å²) in [6.45, 7) is -0.900. The number of hydrogen-bond acceptors (Lipinski definition) is 2. The van der Waals surface area contributed by atoms with Crippen molar-refractivity contribution in [3.63, 3.8) is 0 Å². The number of alkyl halides is 3. The first kappa shape index (κ1) is 13.2. The fourth-order valence-electron chi connectivity index (χ4n) is 2.21. The molecule has 0 aliphatic heterocycles. The fraction of sp³-hybridized carbons (Fsp3) is 0.538. The first-order valence-electron chi connectivity index (χ1n) is 5.92. The van der Waals surface area contributed by atoms with Gasteiger partial charge in [0.25, 0.3) is 0 Å². The summed E-state index contributed by atoms with van der Waals surface area (Å²) < 4.78 is 41.2. The highest BCUT2D eigenvalue weighted by Gasteiger charge is 2.34. The van der Waals surface area contributed by atoms with Crippen LogP contribution in [-0.4, -0.2) is 25.9 Å². The molecule has 5 heteroatoms. The number of nitrogens with one attached hydrogen (secondary N) is 1. The van der Waals surface area contributed by atoms with Crippen LogP contribution in [0.4, 0.5) is 13.2 Å². The lowest BCUT2D eigenvalue weighted by Gasteiger charge is -2.36. The Bertz CT molecular complexity index is 399. The summed E-state index contributed by atoms with van der Waals surface area (Å²) in [5.41, 5.74) is 1.14. The van der Waals surface area contributed by atoms with Crippen molar-refractivity contribution in [1.82, 2.24) is 5.32 Å². The van der Waals surface area contributed by atoms with E-state index in [4.69, 9.17) is 4.74 Å². The number of methoxy groups -OCH3 is 1. The van der Waals surface area contributed by atoms with E-state index in [1.54, 1.807) is 7.11 Å². The van der Waals surface area contributed by atoms with Crippen molar-refractivity contribution in [1.29, 1.82) is 0 Å². The Morgan fingerprint density at radius 3 is 2.67 bits per heavy atom. The van der Waals surface area contributed by atoms with Crippen LogP contribution in [0, 0.1) is 0 Å². The van der Waals surface area contributed by atoms with Crippen LogP contribution < -0.4 is 10.1 Å². The summed E-state index contributed by atoms with van der Waals surface area (Å²) in [4.78, 5) is 0. The Morgan fingerprint density at radius 2 is 2.06 bits per heavy atom. The summed E-state index contributed by atoms with van der Waals surface area (Å²) in [7, 11) is 1.60. The van der Waals surface area contributed by atoms with Gasteiger partial charge in [-0.25, -0.2) is 0 Å². The van der Waals surface area contributed by atoms with Crippen molar-refractivity contribution in [3.05, 3.63) is 29.8 Å². The van der Waals surface area contributed by atoms with E-state index >= 15 is 0 Å². The summed E-state index contributed by atoms with van der Waals surface area (Å²) >= 11 is 0. The molecule has 2 nitrogen and oxygen atoms in total. The molecular weight excluding hydrogens is 243 g/mol. The van der Waals surface area contributed by atoms with Gasteiger partial charge in [0.1, 0.15) is 5.75 Å². The number of hydrogen-bond donors (Lipinski definition) is 1. The molecule has 0 saturated heterocycles. The molecule has 1 saturated carbocycles. The molecule has 1 aliphatic rings. The maximum Gasteiger partial charge on any atom is 0.401 e. The van der Waals surface area contributed by atoms with Gasteiger partial charge in [0.2, 0.25) is 0 Å². The van der Waals surface area contributed by atoms with E-state index in [9.17, 15) is 13.2 Å². The molecule has 0 radical (unpaired) electrons. The van der Waals surface area contributed by atoms with Crippen molar-refractivity contribution in [2.45, 2.75) is 31.0 Å². The molecular formula is C13H16F3NO. The minimum absolute atomic E-state index is 0.0252. The van der Waals surface area contributed by atoms with Crippen LogP contribution in [0.5, 0.6) is 5.75 Å². The normalized spacial score (nSPS) is 23.6.